The van der Waals surface area contributed by atoms with Crippen molar-refractivity contribution in [1.82, 2.24) is 0 Å². The van der Waals surface area contributed by atoms with E-state index in [9.17, 15) is 9.59 Å². The molecule has 0 fully saturated rings. The maximum absolute atomic E-state index is 10.7. The van der Waals surface area contributed by atoms with Crippen LogP contribution < -0.4 is 11.5 Å². The van der Waals surface area contributed by atoms with Crippen molar-refractivity contribution in [1.29, 1.82) is 0 Å². The Labute approximate surface area is 64.4 Å². The maximum atomic E-state index is 10.7. The van der Waals surface area contributed by atoms with Gasteiger partial charge in [-0.2, -0.15) is 0 Å². The van der Waals surface area contributed by atoms with Crippen LogP contribution in [-0.2, 0) is 9.59 Å². The molecule has 0 aliphatic rings. The molecule has 0 aromatic rings. The summed E-state index contributed by atoms with van der Waals surface area (Å²) in [6.07, 6.45) is 0.0630. The van der Waals surface area contributed by atoms with Crippen LogP contribution in [0.25, 0.3) is 0 Å². The zero-order valence-corrected chi connectivity index (χ0v) is 6.12. The van der Waals surface area contributed by atoms with E-state index in [0.29, 0.717) is 0 Å². The Morgan fingerprint density at radius 3 is 2.36 bits per heavy atom. The molecular formula is C6H12N2O3. The van der Waals surface area contributed by atoms with E-state index >= 15 is 0 Å². The summed E-state index contributed by atoms with van der Waals surface area (Å²) in [5.74, 6) is -1.36. The lowest BCUT2D eigenvalue weighted by atomic mass is 10.1. The van der Waals surface area contributed by atoms with Crippen molar-refractivity contribution in [3.05, 3.63) is 0 Å². The molecule has 5 N–H and O–H groups in total. The Bertz CT molecular complexity index is 158. The van der Waals surface area contributed by atoms with E-state index < -0.39 is 12.0 Å². The minimum absolute atomic E-state index is 0.132. The molecule has 0 heterocycles. The van der Waals surface area contributed by atoms with Crippen LogP contribution in [0.1, 0.15) is 12.8 Å². The molecule has 0 aromatic carbocycles. The normalized spacial score (nSPS) is 12.5. The van der Waals surface area contributed by atoms with E-state index in [-0.39, 0.29) is 25.2 Å². The molecule has 0 aliphatic heterocycles. The third kappa shape index (κ3) is 4.46. The smallest absolute Gasteiger partial charge is 0.320 e. The Hall–Kier alpha value is -0.940. The van der Waals surface area contributed by atoms with Crippen molar-refractivity contribution in [3.63, 3.8) is 0 Å². The van der Waals surface area contributed by atoms with E-state index in [1.807, 2.05) is 0 Å². The largest absolute Gasteiger partial charge is 0.480 e. The highest BCUT2D eigenvalue weighted by Gasteiger charge is 2.14. The summed E-state index contributed by atoms with van der Waals surface area (Å²) in [7, 11) is 0. The lowest BCUT2D eigenvalue weighted by Crippen LogP contribution is -2.32. The summed E-state index contributed by atoms with van der Waals surface area (Å²) in [4.78, 5) is 20.9. The molecule has 0 radical (unpaired) electrons. The molecule has 0 rings (SSSR count). The Morgan fingerprint density at radius 1 is 1.45 bits per heavy atom. The van der Waals surface area contributed by atoms with E-state index in [2.05, 4.69) is 0 Å². The van der Waals surface area contributed by atoms with Gasteiger partial charge in [0.1, 0.15) is 11.8 Å². The monoisotopic (exact) mass is 160 g/mol. The number of carboxylic acid groups (broad SMARTS) is 1. The van der Waals surface area contributed by atoms with Gasteiger partial charge in [-0.3, -0.25) is 9.59 Å². The summed E-state index contributed by atoms with van der Waals surface area (Å²) in [5.41, 5.74) is 10.2. The predicted molar refractivity (Wildman–Crippen MR) is 38.9 cm³/mol. The lowest BCUT2D eigenvalue weighted by molar-refractivity contribution is -0.140. The molecular weight excluding hydrogens is 148 g/mol. The number of nitrogens with two attached hydrogens (primary N) is 2. The van der Waals surface area contributed by atoms with Crippen LogP contribution >= 0.6 is 0 Å². The summed E-state index contributed by atoms with van der Waals surface area (Å²) in [6.45, 7) is 0.241. The molecule has 5 heteroatoms. The molecule has 0 bridgehead atoms. The fraction of sp³-hybridized carbons (Fsp3) is 0.667. The summed E-state index contributed by atoms with van der Waals surface area (Å²) in [5, 5.41) is 8.29. The van der Waals surface area contributed by atoms with Crippen LogP contribution in [0.5, 0.6) is 0 Å². The SMILES string of the molecule is NCCC(=O)C[C@H](N)C(=O)O. The third-order valence-corrected chi connectivity index (χ3v) is 1.19. The highest BCUT2D eigenvalue weighted by atomic mass is 16.4. The van der Waals surface area contributed by atoms with Gasteiger partial charge >= 0.3 is 5.97 Å². The van der Waals surface area contributed by atoms with Crippen molar-refractivity contribution in [2.45, 2.75) is 18.9 Å². The van der Waals surface area contributed by atoms with Crippen molar-refractivity contribution < 1.29 is 14.7 Å². The number of Topliss-reactive ketones (excluding diaryl/α,β-unsaturated/α-hetero) is 1. The Balaban J connectivity index is 3.66. The van der Waals surface area contributed by atoms with Gasteiger partial charge in [0.05, 0.1) is 0 Å². The molecule has 64 valence electrons. The second kappa shape index (κ2) is 4.81. The fourth-order valence-electron chi connectivity index (χ4n) is 0.596. The standard InChI is InChI=1S/C6H12N2O3/c7-2-1-4(9)3-5(8)6(10)11/h5H,1-3,7-8H2,(H,10,11)/t5-/m0/s1. The average molecular weight is 160 g/mol. The van der Waals surface area contributed by atoms with Crippen LogP contribution in [0, 0.1) is 0 Å². The highest BCUT2D eigenvalue weighted by molar-refractivity contribution is 5.85. The number of ketones is 1. The topological polar surface area (TPSA) is 106 Å². The molecule has 0 spiro atoms. The van der Waals surface area contributed by atoms with E-state index in [4.69, 9.17) is 16.6 Å². The molecule has 0 aliphatic carbocycles. The number of hydrogen-bond acceptors (Lipinski definition) is 4. The number of rotatable bonds is 5. The zero-order valence-electron chi connectivity index (χ0n) is 6.12. The third-order valence-electron chi connectivity index (χ3n) is 1.19. The zero-order chi connectivity index (χ0) is 8.85. The molecule has 1 atom stereocenters. The number of aliphatic carboxylic acids is 1. The molecule has 0 saturated carbocycles. The van der Waals surface area contributed by atoms with Gasteiger partial charge in [-0.25, -0.2) is 0 Å². The molecule has 0 amide bonds. The summed E-state index contributed by atoms with van der Waals surface area (Å²) >= 11 is 0. The quantitative estimate of drug-likeness (QED) is 0.463. The lowest BCUT2D eigenvalue weighted by Gasteiger charge is -2.03. The number of carbonyl (C=O) groups excluding carboxylic acids is 1. The first-order valence-corrected chi connectivity index (χ1v) is 3.28. The first kappa shape index (κ1) is 10.1. The van der Waals surface area contributed by atoms with E-state index in [1.54, 1.807) is 0 Å². The second-order valence-corrected chi connectivity index (χ2v) is 2.23. The number of carboxylic acids is 1. The van der Waals surface area contributed by atoms with Gasteiger partial charge < -0.3 is 16.6 Å². The number of carbonyl (C=O) groups is 2. The van der Waals surface area contributed by atoms with Crippen molar-refractivity contribution in [3.8, 4) is 0 Å². The second-order valence-electron chi connectivity index (χ2n) is 2.23. The van der Waals surface area contributed by atoms with Gasteiger partial charge in [0, 0.05) is 12.8 Å². The predicted octanol–water partition coefficient (Wildman–Crippen LogP) is -1.29. The summed E-state index contributed by atoms with van der Waals surface area (Å²) < 4.78 is 0. The van der Waals surface area contributed by atoms with Crippen LogP contribution in [0.15, 0.2) is 0 Å². The van der Waals surface area contributed by atoms with E-state index in [0.717, 1.165) is 0 Å². The first-order chi connectivity index (χ1) is 5.07. The van der Waals surface area contributed by atoms with Crippen molar-refractivity contribution >= 4 is 11.8 Å². The van der Waals surface area contributed by atoms with Gasteiger partial charge in [0.25, 0.3) is 0 Å². The van der Waals surface area contributed by atoms with E-state index in [1.165, 1.54) is 0 Å². The first-order valence-electron chi connectivity index (χ1n) is 3.28. The molecule has 11 heavy (non-hydrogen) atoms. The van der Waals surface area contributed by atoms with Gasteiger partial charge in [0.2, 0.25) is 0 Å². The van der Waals surface area contributed by atoms with Crippen molar-refractivity contribution in [2.24, 2.45) is 11.5 Å². The highest BCUT2D eigenvalue weighted by Crippen LogP contribution is 1.92. The number of hydrogen-bond donors (Lipinski definition) is 3. The molecule has 5 nitrogen and oxygen atoms in total. The maximum Gasteiger partial charge on any atom is 0.320 e. The van der Waals surface area contributed by atoms with Gasteiger partial charge in [-0.05, 0) is 6.54 Å². The van der Waals surface area contributed by atoms with Crippen LogP contribution in [0.2, 0.25) is 0 Å². The Morgan fingerprint density at radius 2 is 2.00 bits per heavy atom. The molecule has 0 saturated heterocycles. The van der Waals surface area contributed by atoms with Gasteiger partial charge in [-0.1, -0.05) is 0 Å². The van der Waals surface area contributed by atoms with Crippen molar-refractivity contribution in [2.75, 3.05) is 6.54 Å². The minimum atomic E-state index is -1.16. The minimum Gasteiger partial charge on any atom is -0.480 e. The van der Waals surface area contributed by atoms with Gasteiger partial charge in [-0.15, -0.1) is 0 Å². The molecule has 0 aromatic heterocycles. The van der Waals surface area contributed by atoms with Crippen LogP contribution in [-0.4, -0.2) is 29.4 Å². The van der Waals surface area contributed by atoms with Crippen LogP contribution in [0.4, 0.5) is 0 Å². The Kier molecular flexibility index (Phi) is 4.40. The van der Waals surface area contributed by atoms with Gasteiger partial charge in [0.15, 0.2) is 0 Å². The summed E-state index contributed by atoms with van der Waals surface area (Å²) in [6, 6.07) is -1.09. The molecule has 0 unspecified atom stereocenters. The fourth-order valence-corrected chi connectivity index (χ4v) is 0.596. The average Bonchev–Trinajstić information content (AvgIpc) is 1.87. The van der Waals surface area contributed by atoms with Crippen LogP contribution in [0.3, 0.4) is 0 Å².